The molecule has 2 aliphatic heterocycles. The topological polar surface area (TPSA) is 96.8 Å². The summed E-state index contributed by atoms with van der Waals surface area (Å²) in [5.74, 6) is -1.25. The molecule has 35 heavy (non-hydrogen) atoms. The number of hydrogen-bond donors (Lipinski definition) is 1. The van der Waals surface area contributed by atoms with Gasteiger partial charge in [-0.3, -0.25) is 19.1 Å². The van der Waals surface area contributed by atoms with Gasteiger partial charge in [0.25, 0.3) is 11.8 Å². The van der Waals surface area contributed by atoms with Gasteiger partial charge in [-0.2, -0.15) is 5.10 Å². The monoisotopic (exact) mass is 485 g/mol. The number of nitrogens with one attached hydrogen (secondary N) is 1. The molecular formula is C25H32FN5O4. The minimum absolute atomic E-state index is 0.0192. The molecule has 188 valence electrons. The lowest BCUT2D eigenvalue weighted by Gasteiger charge is -2.32. The van der Waals surface area contributed by atoms with Crippen LogP contribution in [-0.4, -0.2) is 77.2 Å². The summed E-state index contributed by atoms with van der Waals surface area (Å²) in [5, 5.41) is 7.42. The van der Waals surface area contributed by atoms with Crippen molar-refractivity contribution in [2.75, 3.05) is 39.9 Å². The number of carbonyl (C=O) groups excluding carboxylic acids is 3. The van der Waals surface area contributed by atoms with E-state index in [0.717, 1.165) is 12.1 Å². The first-order valence-electron chi connectivity index (χ1n) is 12.0. The Morgan fingerprint density at radius 3 is 2.57 bits per heavy atom. The van der Waals surface area contributed by atoms with Crippen molar-refractivity contribution in [3.8, 4) is 0 Å². The Balaban J connectivity index is 1.40. The third-order valence-electron chi connectivity index (χ3n) is 6.81. The molecule has 0 aliphatic carbocycles. The lowest BCUT2D eigenvalue weighted by Crippen LogP contribution is -2.44. The second kappa shape index (κ2) is 11.0. The highest BCUT2D eigenvalue weighted by molar-refractivity contribution is 5.96. The molecule has 1 aromatic carbocycles. The van der Waals surface area contributed by atoms with Gasteiger partial charge in [0.1, 0.15) is 5.82 Å². The summed E-state index contributed by atoms with van der Waals surface area (Å²) < 4.78 is 20.9. The number of rotatable bonds is 7. The van der Waals surface area contributed by atoms with E-state index < -0.39 is 11.7 Å². The van der Waals surface area contributed by atoms with Crippen LogP contribution in [0.15, 0.2) is 24.3 Å². The van der Waals surface area contributed by atoms with Crippen molar-refractivity contribution in [2.24, 2.45) is 13.0 Å². The Labute approximate surface area is 204 Å². The molecule has 0 saturated carbocycles. The number of hydrogen-bond acceptors (Lipinski definition) is 5. The largest absolute Gasteiger partial charge is 0.385 e. The van der Waals surface area contributed by atoms with E-state index in [-0.39, 0.29) is 29.8 Å². The van der Waals surface area contributed by atoms with Crippen LogP contribution in [-0.2, 0) is 29.5 Å². The Morgan fingerprint density at radius 2 is 1.86 bits per heavy atom. The van der Waals surface area contributed by atoms with Crippen molar-refractivity contribution in [3.63, 3.8) is 0 Å². The highest BCUT2D eigenvalue weighted by atomic mass is 19.1. The van der Waals surface area contributed by atoms with Crippen LogP contribution in [0.5, 0.6) is 0 Å². The molecule has 0 atom stereocenters. The predicted octanol–water partition coefficient (Wildman–Crippen LogP) is 1.76. The lowest BCUT2D eigenvalue weighted by molar-refractivity contribution is -0.126. The normalized spacial score (nSPS) is 16.2. The molecule has 3 amide bonds. The summed E-state index contributed by atoms with van der Waals surface area (Å²) in [6.45, 7) is 2.76. The van der Waals surface area contributed by atoms with Gasteiger partial charge >= 0.3 is 0 Å². The molecule has 0 radical (unpaired) electrons. The molecule has 2 aromatic rings. The smallest absolute Gasteiger partial charge is 0.274 e. The number of piperidine rings is 1. The molecule has 0 bridgehead atoms. The van der Waals surface area contributed by atoms with E-state index in [9.17, 15) is 18.8 Å². The van der Waals surface area contributed by atoms with Crippen LogP contribution in [0.4, 0.5) is 4.39 Å². The summed E-state index contributed by atoms with van der Waals surface area (Å²) in [4.78, 5) is 42.0. The van der Waals surface area contributed by atoms with Gasteiger partial charge in [-0.25, -0.2) is 4.39 Å². The van der Waals surface area contributed by atoms with Crippen molar-refractivity contribution < 1.29 is 23.5 Å². The average Bonchev–Trinajstić information content (AvgIpc) is 3.21. The minimum atomic E-state index is -0.559. The number of benzene rings is 1. The highest BCUT2D eigenvalue weighted by Gasteiger charge is 2.34. The zero-order valence-electron chi connectivity index (χ0n) is 20.3. The molecule has 1 aromatic heterocycles. The first-order valence-corrected chi connectivity index (χ1v) is 12.0. The van der Waals surface area contributed by atoms with Gasteiger partial charge in [-0.15, -0.1) is 0 Å². The van der Waals surface area contributed by atoms with E-state index in [1.54, 1.807) is 40.8 Å². The first kappa shape index (κ1) is 24.8. The van der Waals surface area contributed by atoms with Crippen molar-refractivity contribution in [3.05, 3.63) is 52.6 Å². The second-order valence-electron chi connectivity index (χ2n) is 9.06. The molecule has 0 unspecified atom stereocenters. The Bertz CT molecular complexity index is 1090. The van der Waals surface area contributed by atoms with Gasteiger partial charge in [0, 0.05) is 70.5 Å². The van der Waals surface area contributed by atoms with Crippen molar-refractivity contribution in [1.82, 2.24) is 24.9 Å². The quantitative estimate of drug-likeness (QED) is 0.603. The average molecular weight is 486 g/mol. The number of carbonyl (C=O) groups is 3. The van der Waals surface area contributed by atoms with Gasteiger partial charge in [-0.05, 0) is 31.4 Å². The fourth-order valence-corrected chi connectivity index (χ4v) is 4.81. The fourth-order valence-electron chi connectivity index (χ4n) is 4.81. The predicted molar refractivity (Wildman–Crippen MR) is 126 cm³/mol. The maximum atomic E-state index is 14.2. The van der Waals surface area contributed by atoms with Crippen molar-refractivity contribution in [2.45, 2.75) is 32.2 Å². The molecule has 0 spiro atoms. The maximum absolute atomic E-state index is 14.2. The third-order valence-corrected chi connectivity index (χ3v) is 6.81. The number of aryl methyl sites for hydroxylation is 1. The van der Waals surface area contributed by atoms with Crippen LogP contribution in [0.2, 0.25) is 0 Å². The van der Waals surface area contributed by atoms with E-state index in [2.05, 4.69) is 10.4 Å². The zero-order valence-corrected chi connectivity index (χ0v) is 20.3. The van der Waals surface area contributed by atoms with Crippen LogP contribution in [0, 0.1) is 11.7 Å². The summed E-state index contributed by atoms with van der Waals surface area (Å²) >= 11 is 0. The van der Waals surface area contributed by atoms with E-state index in [0.29, 0.717) is 63.3 Å². The molecule has 10 heteroatoms. The summed E-state index contributed by atoms with van der Waals surface area (Å²) in [6.07, 6.45) is 2.49. The molecule has 1 saturated heterocycles. The Hall–Kier alpha value is -3.27. The minimum Gasteiger partial charge on any atom is -0.385 e. The molecule has 4 rings (SSSR count). The van der Waals surface area contributed by atoms with Crippen molar-refractivity contribution >= 4 is 17.7 Å². The van der Waals surface area contributed by atoms with Gasteiger partial charge in [0.15, 0.2) is 5.69 Å². The van der Waals surface area contributed by atoms with E-state index >= 15 is 0 Å². The molecule has 9 nitrogen and oxygen atoms in total. The standard InChI is InChI=1S/C25H32FN5O4/c1-29-21-10-14-31(24(33)18-6-3-4-7-20(18)26)16-19(21)22(28-29)25(34)30-12-8-17(9-13-30)23(32)27-11-5-15-35-2/h3-4,6-7,17H,5,8-16H2,1-2H3,(H,27,32). The highest BCUT2D eigenvalue weighted by Crippen LogP contribution is 2.26. The molecule has 1 fully saturated rings. The summed E-state index contributed by atoms with van der Waals surface area (Å²) in [7, 11) is 3.43. The van der Waals surface area contributed by atoms with E-state index in [1.165, 1.54) is 12.1 Å². The van der Waals surface area contributed by atoms with Gasteiger partial charge in [0.2, 0.25) is 5.91 Å². The number of halogens is 1. The van der Waals surface area contributed by atoms with Crippen LogP contribution in [0.1, 0.15) is 51.4 Å². The van der Waals surface area contributed by atoms with Crippen LogP contribution in [0.3, 0.4) is 0 Å². The SMILES string of the molecule is COCCCNC(=O)C1CCN(C(=O)c2nn(C)c3c2CN(C(=O)c2ccccc2F)CC3)CC1. The van der Waals surface area contributed by atoms with Crippen LogP contribution < -0.4 is 5.32 Å². The van der Waals surface area contributed by atoms with Crippen LogP contribution in [0.25, 0.3) is 0 Å². The van der Waals surface area contributed by atoms with Crippen molar-refractivity contribution in [1.29, 1.82) is 0 Å². The zero-order chi connectivity index (χ0) is 24.9. The number of ether oxygens (including phenoxy) is 1. The number of aromatic nitrogens is 2. The number of methoxy groups -OCH3 is 1. The number of amides is 3. The second-order valence-corrected chi connectivity index (χ2v) is 9.06. The maximum Gasteiger partial charge on any atom is 0.274 e. The summed E-state index contributed by atoms with van der Waals surface area (Å²) in [5.41, 5.74) is 1.98. The number of nitrogens with zero attached hydrogens (tertiary/aromatic N) is 4. The first-order chi connectivity index (χ1) is 16.9. The van der Waals surface area contributed by atoms with E-state index in [4.69, 9.17) is 4.74 Å². The summed E-state index contributed by atoms with van der Waals surface area (Å²) in [6, 6.07) is 5.92. The van der Waals surface area contributed by atoms with Crippen LogP contribution >= 0.6 is 0 Å². The molecule has 1 N–H and O–H groups in total. The lowest BCUT2D eigenvalue weighted by atomic mass is 9.95. The number of likely N-dealkylation sites (tertiary alicyclic amines) is 1. The van der Waals surface area contributed by atoms with Gasteiger partial charge in [0.05, 0.1) is 12.1 Å². The molecule has 3 heterocycles. The Kier molecular flexibility index (Phi) is 7.80. The van der Waals surface area contributed by atoms with Gasteiger partial charge < -0.3 is 19.9 Å². The molecular weight excluding hydrogens is 453 g/mol. The number of fused-ring (bicyclic) bond motifs is 1. The fraction of sp³-hybridized carbons (Fsp3) is 0.520. The Morgan fingerprint density at radius 1 is 1.11 bits per heavy atom. The van der Waals surface area contributed by atoms with E-state index in [1.807, 2.05) is 0 Å². The third kappa shape index (κ3) is 5.37. The van der Waals surface area contributed by atoms with Gasteiger partial charge in [-0.1, -0.05) is 12.1 Å². The molecule has 2 aliphatic rings.